The molecule has 4 nitrogen and oxygen atoms in total. The molecule has 1 aromatic rings. The largest absolute Gasteiger partial charge is 0.457 e. The lowest BCUT2D eigenvalue weighted by Gasteiger charge is -2.29. The van der Waals surface area contributed by atoms with E-state index in [0.29, 0.717) is 40.9 Å². The molecule has 0 aromatic heterocycles. The SMILES string of the molecule is O=C1CCCC2=C1CC1=C(O2)C(=O)c2ccccc2C1=O. The summed E-state index contributed by atoms with van der Waals surface area (Å²) in [4.78, 5) is 37.0. The molecule has 0 atom stereocenters. The average molecular weight is 280 g/mol. The van der Waals surface area contributed by atoms with Crippen LogP contribution in [0.3, 0.4) is 0 Å². The van der Waals surface area contributed by atoms with E-state index in [2.05, 4.69) is 0 Å². The normalized spacial score (nSPS) is 20.9. The van der Waals surface area contributed by atoms with E-state index in [9.17, 15) is 14.4 Å². The molecule has 0 radical (unpaired) electrons. The van der Waals surface area contributed by atoms with Gasteiger partial charge in [0.05, 0.1) is 5.57 Å². The van der Waals surface area contributed by atoms with Crippen LogP contribution in [0.15, 0.2) is 46.9 Å². The molecule has 0 saturated heterocycles. The smallest absolute Gasteiger partial charge is 0.229 e. The summed E-state index contributed by atoms with van der Waals surface area (Å²) < 4.78 is 5.67. The van der Waals surface area contributed by atoms with Crippen LogP contribution in [-0.2, 0) is 9.53 Å². The number of ether oxygens (including phenoxy) is 1. The maximum absolute atomic E-state index is 12.6. The van der Waals surface area contributed by atoms with E-state index < -0.39 is 0 Å². The lowest BCUT2D eigenvalue weighted by Crippen LogP contribution is -2.29. The zero-order valence-corrected chi connectivity index (χ0v) is 11.3. The Morgan fingerprint density at radius 1 is 0.857 bits per heavy atom. The summed E-state index contributed by atoms with van der Waals surface area (Å²) in [7, 11) is 0. The Balaban J connectivity index is 1.83. The quantitative estimate of drug-likeness (QED) is 0.733. The maximum atomic E-state index is 12.6. The fraction of sp³-hybridized carbons (Fsp3) is 0.235. The third-order valence-corrected chi connectivity index (χ3v) is 4.23. The summed E-state index contributed by atoms with van der Waals surface area (Å²) in [6.07, 6.45) is 2.10. The molecule has 0 unspecified atom stereocenters. The van der Waals surface area contributed by atoms with Gasteiger partial charge in [0.2, 0.25) is 5.78 Å². The molecular weight excluding hydrogens is 268 g/mol. The van der Waals surface area contributed by atoms with Gasteiger partial charge in [-0.05, 0) is 6.42 Å². The molecule has 2 aliphatic carbocycles. The summed E-state index contributed by atoms with van der Waals surface area (Å²) in [5, 5.41) is 0. The summed E-state index contributed by atoms with van der Waals surface area (Å²) in [5.41, 5.74) is 1.68. The van der Waals surface area contributed by atoms with E-state index in [0.717, 1.165) is 6.42 Å². The predicted molar refractivity (Wildman–Crippen MR) is 73.7 cm³/mol. The van der Waals surface area contributed by atoms with Crippen molar-refractivity contribution in [2.45, 2.75) is 25.7 Å². The Hall–Kier alpha value is -2.49. The zero-order chi connectivity index (χ0) is 14.6. The molecule has 1 aromatic carbocycles. The van der Waals surface area contributed by atoms with Crippen LogP contribution in [0.5, 0.6) is 0 Å². The molecule has 1 heterocycles. The van der Waals surface area contributed by atoms with Crippen molar-refractivity contribution >= 4 is 17.3 Å². The predicted octanol–water partition coefficient (Wildman–Crippen LogP) is 2.75. The fourth-order valence-corrected chi connectivity index (χ4v) is 3.15. The average Bonchev–Trinajstić information content (AvgIpc) is 2.52. The van der Waals surface area contributed by atoms with Crippen molar-refractivity contribution in [3.8, 4) is 0 Å². The number of fused-ring (bicyclic) bond motifs is 1. The highest BCUT2D eigenvalue weighted by atomic mass is 16.5. The fourth-order valence-electron chi connectivity index (χ4n) is 3.15. The lowest BCUT2D eigenvalue weighted by molar-refractivity contribution is -0.116. The van der Waals surface area contributed by atoms with Crippen molar-refractivity contribution in [2.75, 3.05) is 0 Å². The highest BCUT2D eigenvalue weighted by Gasteiger charge is 2.39. The number of carbonyl (C=O) groups excluding carboxylic acids is 3. The third-order valence-electron chi connectivity index (χ3n) is 4.23. The first-order valence-corrected chi connectivity index (χ1v) is 7.01. The highest BCUT2D eigenvalue weighted by Crippen LogP contribution is 2.39. The molecule has 21 heavy (non-hydrogen) atoms. The van der Waals surface area contributed by atoms with Crippen LogP contribution >= 0.6 is 0 Å². The van der Waals surface area contributed by atoms with Crippen LogP contribution in [0.2, 0.25) is 0 Å². The van der Waals surface area contributed by atoms with E-state index in [1.807, 2.05) is 0 Å². The molecule has 0 spiro atoms. The Morgan fingerprint density at radius 2 is 1.57 bits per heavy atom. The molecule has 0 fully saturated rings. The maximum Gasteiger partial charge on any atom is 0.229 e. The lowest BCUT2D eigenvalue weighted by atomic mass is 9.81. The number of rotatable bonds is 0. The van der Waals surface area contributed by atoms with Crippen molar-refractivity contribution in [1.82, 2.24) is 0 Å². The molecule has 104 valence electrons. The van der Waals surface area contributed by atoms with Gasteiger partial charge in [0.15, 0.2) is 17.3 Å². The minimum atomic E-state index is -0.259. The van der Waals surface area contributed by atoms with Gasteiger partial charge in [0, 0.05) is 36.0 Å². The minimum Gasteiger partial charge on any atom is -0.457 e. The molecular formula is C17H12O4. The minimum absolute atomic E-state index is 0.0295. The highest BCUT2D eigenvalue weighted by molar-refractivity contribution is 6.27. The summed E-state index contributed by atoms with van der Waals surface area (Å²) in [6.45, 7) is 0. The number of hydrogen-bond acceptors (Lipinski definition) is 4. The van der Waals surface area contributed by atoms with E-state index in [4.69, 9.17) is 4.74 Å². The van der Waals surface area contributed by atoms with Gasteiger partial charge >= 0.3 is 0 Å². The molecule has 4 rings (SSSR count). The number of carbonyl (C=O) groups is 3. The Kier molecular flexibility index (Phi) is 2.48. The van der Waals surface area contributed by atoms with Gasteiger partial charge in [-0.2, -0.15) is 0 Å². The van der Waals surface area contributed by atoms with Crippen molar-refractivity contribution in [2.24, 2.45) is 0 Å². The Morgan fingerprint density at radius 3 is 2.33 bits per heavy atom. The van der Waals surface area contributed by atoms with Gasteiger partial charge in [0.25, 0.3) is 0 Å². The first-order chi connectivity index (χ1) is 10.2. The van der Waals surface area contributed by atoms with Gasteiger partial charge in [0.1, 0.15) is 5.76 Å². The number of hydrogen-bond donors (Lipinski definition) is 0. The first-order valence-electron chi connectivity index (χ1n) is 7.01. The third kappa shape index (κ3) is 1.65. The zero-order valence-electron chi connectivity index (χ0n) is 11.3. The van der Waals surface area contributed by atoms with Crippen molar-refractivity contribution < 1.29 is 19.1 Å². The summed E-state index contributed by atoms with van der Waals surface area (Å²) in [5.74, 6) is 0.259. The standard InChI is InChI=1S/C17H12O4/c18-13-6-3-7-14-11(13)8-12-15(19)9-4-1-2-5-10(9)16(20)17(12)21-14/h1-2,4-5H,3,6-8H2. The number of Topliss-reactive ketones (excluding diaryl/α,β-unsaturated/α-hetero) is 3. The van der Waals surface area contributed by atoms with E-state index in [-0.39, 0.29) is 29.5 Å². The van der Waals surface area contributed by atoms with Crippen LogP contribution in [-0.4, -0.2) is 17.3 Å². The summed E-state index contributed by atoms with van der Waals surface area (Å²) in [6, 6.07) is 6.74. The van der Waals surface area contributed by atoms with E-state index in [1.54, 1.807) is 24.3 Å². The van der Waals surface area contributed by atoms with Crippen LogP contribution in [0.1, 0.15) is 46.4 Å². The van der Waals surface area contributed by atoms with Gasteiger partial charge in [-0.15, -0.1) is 0 Å². The van der Waals surface area contributed by atoms with Gasteiger partial charge in [-0.1, -0.05) is 24.3 Å². The van der Waals surface area contributed by atoms with Gasteiger partial charge in [-0.25, -0.2) is 0 Å². The Bertz CT molecular complexity index is 780. The van der Waals surface area contributed by atoms with Crippen LogP contribution in [0.4, 0.5) is 0 Å². The first kappa shape index (κ1) is 12.3. The molecule has 1 aliphatic heterocycles. The van der Waals surface area contributed by atoms with Crippen LogP contribution in [0, 0.1) is 0 Å². The molecule has 0 amide bonds. The molecule has 0 saturated carbocycles. The molecule has 3 aliphatic rings. The van der Waals surface area contributed by atoms with Crippen molar-refractivity contribution in [3.63, 3.8) is 0 Å². The molecule has 0 N–H and O–H groups in total. The number of ketones is 3. The molecule has 4 heteroatoms. The second kappa shape index (κ2) is 4.25. The van der Waals surface area contributed by atoms with Crippen molar-refractivity contribution in [3.05, 3.63) is 58.1 Å². The van der Waals surface area contributed by atoms with E-state index >= 15 is 0 Å². The van der Waals surface area contributed by atoms with Crippen LogP contribution in [0.25, 0.3) is 0 Å². The second-order valence-corrected chi connectivity index (χ2v) is 5.47. The van der Waals surface area contributed by atoms with Crippen LogP contribution < -0.4 is 0 Å². The van der Waals surface area contributed by atoms with Gasteiger partial charge in [-0.3, -0.25) is 14.4 Å². The van der Waals surface area contributed by atoms with E-state index in [1.165, 1.54) is 0 Å². The summed E-state index contributed by atoms with van der Waals surface area (Å²) >= 11 is 0. The Labute approximate surface area is 121 Å². The topological polar surface area (TPSA) is 60.4 Å². The number of allylic oxidation sites excluding steroid dienone is 4. The van der Waals surface area contributed by atoms with Gasteiger partial charge < -0.3 is 4.74 Å². The monoisotopic (exact) mass is 280 g/mol. The second-order valence-electron chi connectivity index (χ2n) is 5.47. The number of benzene rings is 1. The molecule has 0 bridgehead atoms. The van der Waals surface area contributed by atoms with Crippen molar-refractivity contribution in [1.29, 1.82) is 0 Å².